The zero-order chi connectivity index (χ0) is 14.6. The summed E-state index contributed by atoms with van der Waals surface area (Å²) < 4.78 is 20.1. The van der Waals surface area contributed by atoms with Crippen molar-refractivity contribution < 1.29 is 14.1 Å². The molecule has 0 bridgehead atoms. The van der Waals surface area contributed by atoms with E-state index in [-0.39, 0.29) is 10.8 Å². The van der Waals surface area contributed by atoms with E-state index >= 15 is 0 Å². The van der Waals surface area contributed by atoms with Crippen molar-refractivity contribution in [1.29, 1.82) is 0 Å². The Labute approximate surface area is 113 Å². The fourth-order valence-electron chi connectivity index (χ4n) is 1.67. The number of hydrogen-bond acceptors (Lipinski definition) is 3. The molecule has 0 saturated heterocycles. The van der Waals surface area contributed by atoms with Crippen LogP contribution in [0.4, 0.5) is 0 Å². The molecule has 18 heavy (non-hydrogen) atoms. The molecule has 0 aromatic heterocycles. The normalized spacial score (nSPS) is 18.2. The van der Waals surface area contributed by atoms with Gasteiger partial charge in [-0.2, -0.15) is 0 Å². The third-order valence-electron chi connectivity index (χ3n) is 2.55. The van der Waals surface area contributed by atoms with Gasteiger partial charge in [0.05, 0.1) is 27.4 Å². The zero-order valence-electron chi connectivity index (χ0n) is 12.3. The van der Waals surface area contributed by atoms with Gasteiger partial charge in [0.1, 0.15) is 6.10 Å². The monoisotopic (exact) mass is 277 g/mol. The van der Waals surface area contributed by atoms with Crippen molar-refractivity contribution in [3.63, 3.8) is 0 Å². The molecule has 0 unspecified atom stereocenters. The Kier molecular flexibility index (Phi) is 6.71. The highest BCUT2D eigenvalue weighted by molar-refractivity contribution is 7.84. The summed E-state index contributed by atoms with van der Waals surface area (Å²) in [5.74, 6) is 0. The van der Waals surface area contributed by atoms with Gasteiger partial charge in [0.25, 0.3) is 0 Å². The van der Waals surface area contributed by atoms with Crippen molar-refractivity contribution in [1.82, 2.24) is 4.72 Å². The van der Waals surface area contributed by atoms with Gasteiger partial charge in [-0.1, -0.05) is 6.08 Å². The lowest BCUT2D eigenvalue weighted by Gasteiger charge is -2.35. The summed E-state index contributed by atoms with van der Waals surface area (Å²) in [5, 5.41) is 10.1. The standard InChI is InChI=1S/C13H27NO3S/c1-8-9-10(11(17-7)13(5,6)15)14-18(16)12(2,3)4/h8,10-11,14-15H,1,9H2,2-7H3/t10-,11+,18+/m0/s1. The first-order chi connectivity index (χ1) is 8.04. The van der Waals surface area contributed by atoms with E-state index in [1.807, 2.05) is 20.8 Å². The third-order valence-corrected chi connectivity index (χ3v) is 4.18. The lowest BCUT2D eigenvalue weighted by Crippen LogP contribution is -2.54. The Balaban J connectivity index is 4.96. The molecule has 0 fully saturated rings. The van der Waals surface area contributed by atoms with Crippen molar-refractivity contribution >= 4 is 11.0 Å². The van der Waals surface area contributed by atoms with Crippen LogP contribution in [0.15, 0.2) is 12.7 Å². The molecule has 0 aliphatic heterocycles. The average Bonchev–Trinajstić information content (AvgIpc) is 2.14. The Morgan fingerprint density at radius 3 is 2.17 bits per heavy atom. The molecule has 5 heteroatoms. The quantitative estimate of drug-likeness (QED) is 0.697. The maximum Gasteiger partial charge on any atom is 0.102 e. The number of hydrogen-bond donors (Lipinski definition) is 2. The molecular weight excluding hydrogens is 250 g/mol. The number of nitrogens with one attached hydrogen (secondary N) is 1. The van der Waals surface area contributed by atoms with Crippen LogP contribution in [0.3, 0.4) is 0 Å². The maximum absolute atomic E-state index is 12.1. The van der Waals surface area contributed by atoms with Gasteiger partial charge in [-0.15, -0.1) is 6.58 Å². The predicted molar refractivity (Wildman–Crippen MR) is 76.7 cm³/mol. The SMILES string of the molecule is C=CC[C@H](N[S@](=O)C(C)(C)C)[C@@H](OC)C(C)(C)O. The van der Waals surface area contributed by atoms with Gasteiger partial charge < -0.3 is 9.84 Å². The van der Waals surface area contributed by atoms with Crippen LogP contribution in [-0.2, 0) is 15.7 Å². The lowest BCUT2D eigenvalue weighted by molar-refractivity contribution is -0.0827. The molecule has 108 valence electrons. The van der Waals surface area contributed by atoms with Crippen LogP contribution in [0.25, 0.3) is 0 Å². The Bertz CT molecular complexity index is 292. The van der Waals surface area contributed by atoms with Gasteiger partial charge >= 0.3 is 0 Å². The Morgan fingerprint density at radius 1 is 1.39 bits per heavy atom. The van der Waals surface area contributed by atoms with Crippen LogP contribution in [0.2, 0.25) is 0 Å². The summed E-state index contributed by atoms with van der Waals surface area (Å²) in [6, 6.07) is -0.243. The second-order valence-electron chi connectivity index (χ2n) is 5.94. The van der Waals surface area contributed by atoms with E-state index in [1.54, 1.807) is 27.0 Å². The molecule has 0 aromatic carbocycles. The van der Waals surface area contributed by atoms with Crippen molar-refractivity contribution in [2.45, 2.75) is 63.5 Å². The molecule has 0 aliphatic carbocycles. The second kappa shape index (κ2) is 6.80. The summed E-state index contributed by atoms with van der Waals surface area (Å²) in [5.41, 5.74) is -1.02. The molecule has 0 amide bonds. The summed E-state index contributed by atoms with van der Waals surface area (Å²) in [6.07, 6.45) is 1.85. The van der Waals surface area contributed by atoms with E-state index < -0.39 is 22.7 Å². The minimum Gasteiger partial charge on any atom is -0.388 e. The topological polar surface area (TPSA) is 58.6 Å². The second-order valence-corrected chi connectivity index (χ2v) is 7.94. The van der Waals surface area contributed by atoms with Crippen LogP contribution in [-0.4, -0.2) is 38.9 Å². The average molecular weight is 277 g/mol. The first-order valence-corrected chi connectivity index (χ1v) is 7.23. The zero-order valence-corrected chi connectivity index (χ0v) is 13.1. The van der Waals surface area contributed by atoms with Crippen LogP contribution < -0.4 is 4.72 Å². The van der Waals surface area contributed by atoms with Gasteiger partial charge in [-0.3, -0.25) is 0 Å². The largest absolute Gasteiger partial charge is 0.388 e. The molecule has 4 nitrogen and oxygen atoms in total. The van der Waals surface area contributed by atoms with Crippen LogP contribution >= 0.6 is 0 Å². The van der Waals surface area contributed by atoms with Crippen molar-refractivity contribution in [2.75, 3.05) is 7.11 Å². The predicted octanol–water partition coefficient (Wildman–Crippen LogP) is 1.77. The minimum atomic E-state index is -1.21. The summed E-state index contributed by atoms with van der Waals surface area (Å²) in [4.78, 5) is 0. The fraction of sp³-hybridized carbons (Fsp3) is 0.846. The van der Waals surface area contributed by atoms with Gasteiger partial charge in [0, 0.05) is 7.11 Å². The Hall–Kier alpha value is -0.230. The molecule has 0 heterocycles. The van der Waals surface area contributed by atoms with Gasteiger partial charge in [0.2, 0.25) is 0 Å². The van der Waals surface area contributed by atoms with Gasteiger partial charge in [0.15, 0.2) is 0 Å². The molecular formula is C13H27NO3S. The fourth-order valence-corrected chi connectivity index (χ4v) is 2.52. The summed E-state index contributed by atoms with van der Waals surface area (Å²) >= 11 is 0. The van der Waals surface area contributed by atoms with Crippen molar-refractivity contribution in [3.05, 3.63) is 12.7 Å². The van der Waals surface area contributed by atoms with Gasteiger partial charge in [-0.25, -0.2) is 8.93 Å². The summed E-state index contributed by atoms with van der Waals surface area (Å²) in [7, 11) is 0.327. The molecule has 0 rings (SSSR count). The Morgan fingerprint density at radius 2 is 1.89 bits per heavy atom. The van der Waals surface area contributed by atoms with Crippen molar-refractivity contribution in [2.24, 2.45) is 0 Å². The first kappa shape index (κ1) is 17.8. The number of aliphatic hydroxyl groups is 1. The van der Waals surface area contributed by atoms with Crippen LogP contribution in [0, 0.1) is 0 Å². The van der Waals surface area contributed by atoms with Crippen molar-refractivity contribution in [3.8, 4) is 0 Å². The van der Waals surface area contributed by atoms with E-state index in [0.29, 0.717) is 6.42 Å². The van der Waals surface area contributed by atoms with E-state index in [4.69, 9.17) is 4.74 Å². The maximum atomic E-state index is 12.1. The highest BCUT2D eigenvalue weighted by Crippen LogP contribution is 2.20. The molecule has 0 aromatic rings. The van der Waals surface area contributed by atoms with E-state index in [9.17, 15) is 9.32 Å². The smallest absolute Gasteiger partial charge is 0.102 e. The molecule has 2 N–H and O–H groups in total. The minimum absolute atomic E-state index is 0.243. The summed E-state index contributed by atoms with van der Waals surface area (Å²) in [6.45, 7) is 12.7. The molecule has 0 radical (unpaired) electrons. The first-order valence-electron chi connectivity index (χ1n) is 6.08. The van der Waals surface area contributed by atoms with E-state index in [2.05, 4.69) is 11.3 Å². The van der Waals surface area contributed by atoms with E-state index in [0.717, 1.165) is 0 Å². The van der Waals surface area contributed by atoms with E-state index in [1.165, 1.54) is 0 Å². The van der Waals surface area contributed by atoms with Crippen LogP contribution in [0.5, 0.6) is 0 Å². The molecule has 0 aliphatic rings. The molecule has 3 atom stereocenters. The highest BCUT2D eigenvalue weighted by Gasteiger charge is 2.35. The highest BCUT2D eigenvalue weighted by atomic mass is 32.2. The number of ether oxygens (including phenoxy) is 1. The number of methoxy groups -OCH3 is 1. The van der Waals surface area contributed by atoms with Crippen LogP contribution in [0.1, 0.15) is 41.0 Å². The molecule has 0 spiro atoms. The lowest BCUT2D eigenvalue weighted by atomic mass is 9.93. The molecule has 0 saturated carbocycles. The number of rotatable bonds is 7. The third kappa shape index (κ3) is 5.61. The van der Waals surface area contributed by atoms with Gasteiger partial charge in [-0.05, 0) is 41.0 Å².